The summed E-state index contributed by atoms with van der Waals surface area (Å²) in [5.74, 6) is 0.0773. The zero-order chi connectivity index (χ0) is 15.7. The van der Waals surface area contributed by atoms with Gasteiger partial charge in [-0.15, -0.1) is 0 Å². The molecule has 0 aliphatic carbocycles. The summed E-state index contributed by atoms with van der Waals surface area (Å²) in [4.78, 5) is 14.3. The standard InChI is InChI=1S/C17H29N3O/c1-4-16(5-2)20(3)12-6-7-17(21)19-15-10-8-14(13-18)9-11-15/h8-11,16H,4-7,12-13,18H2,1-3H3,(H,19,21). The van der Waals surface area contributed by atoms with Crippen molar-refractivity contribution < 1.29 is 4.79 Å². The third-order valence-corrected chi connectivity index (χ3v) is 3.95. The molecule has 0 aromatic heterocycles. The number of nitrogens with zero attached hydrogens (tertiary/aromatic N) is 1. The Morgan fingerprint density at radius 2 is 1.86 bits per heavy atom. The molecule has 1 aromatic carbocycles. The maximum atomic E-state index is 11.9. The molecule has 0 fully saturated rings. The summed E-state index contributed by atoms with van der Waals surface area (Å²) in [6.45, 7) is 5.91. The minimum absolute atomic E-state index is 0.0773. The highest BCUT2D eigenvalue weighted by Gasteiger charge is 2.10. The van der Waals surface area contributed by atoms with Gasteiger partial charge < -0.3 is 16.0 Å². The van der Waals surface area contributed by atoms with Crippen LogP contribution in [0.3, 0.4) is 0 Å². The highest BCUT2D eigenvalue weighted by Crippen LogP contribution is 2.11. The first-order chi connectivity index (χ1) is 10.1. The average molecular weight is 291 g/mol. The lowest BCUT2D eigenvalue weighted by atomic mass is 10.1. The number of carbonyl (C=O) groups is 1. The van der Waals surface area contributed by atoms with E-state index in [9.17, 15) is 4.79 Å². The van der Waals surface area contributed by atoms with Crippen molar-refractivity contribution in [1.82, 2.24) is 4.90 Å². The summed E-state index contributed by atoms with van der Waals surface area (Å²) < 4.78 is 0. The molecule has 1 aromatic rings. The number of anilines is 1. The summed E-state index contributed by atoms with van der Waals surface area (Å²) in [6.07, 6.45) is 3.77. The first-order valence-electron chi connectivity index (χ1n) is 7.89. The van der Waals surface area contributed by atoms with Crippen molar-refractivity contribution in [3.63, 3.8) is 0 Å². The maximum absolute atomic E-state index is 11.9. The van der Waals surface area contributed by atoms with Crippen LogP contribution in [0.4, 0.5) is 5.69 Å². The van der Waals surface area contributed by atoms with Gasteiger partial charge in [0.05, 0.1) is 0 Å². The normalized spacial score (nSPS) is 11.1. The second-order valence-electron chi connectivity index (χ2n) is 5.50. The molecule has 0 bridgehead atoms. The Morgan fingerprint density at radius 3 is 2.38 bits per heavy atom. The quantitative estimate of drug-likeness (QED) is 0.735. The fraction of sp³-hybridized carbons (Fsp3) is 0.588. The van der Waals surface area contributed by atoms with Gasteiger partial charge >= 0.3 is 0 Å². The SMILES string of the molecule is CCC(CC)N(C)CCCC(=O)Nc1ccc(CN)cc1. The highest BCUT2D eigenvalue weighted by atomic mass is 16.1. The van der Waals surface area contributed by atoms with Crippen LogP contribution in [0, 0.1) is 0 Å². The molecule has 0 unspecified atom stereocenters. The van der Waals surface area contributed by atoms with E-state index in [4.69, 9.17) is 5.73 Å². The van der Waals surface area contributed by atoms with Gasteiger partial charge in [-0.05, 0) is 50.6 Å². The molecule has 0 saturated carbocycles. The molecule has 1 amide bonds. The van der Waals surface area contributed by atoms with Gasteiger partial charge in [0.25, 0.3) is 0 Å². The van der Waals surface area contributed by atoms with Gasteiger partial charge in [0.2, 0.25) is 5.91 Å². The van der Waals surface area contributed by atoms with E-state index in [-0.39, 0.29) is 5.91 Å². The smallest absolute Gasteiger partial charge is 0.224 e. The van der Waals surface area contributed by atoms with Crippen LogP contribution in [0.25, 0.3) is 0 Å². The Kier molecular flexibility index (Phi) is 8.01. The van der Waals surface area contributed by atoms with E-state index in [1.54, 1.807) is 0 Å². The molecule has 0 saturated heterocycles. The predicted octanol–water partition coefficient (Wildman–Crippen LogP) is 2.98. The van der Waals surface area contributed by atoms with Gasteiger partial charge in [-0.2, -0.15) is 0 Å². The zero-order valence-electron chi connectivity index (χ0n) is 13.6. The number of hydrogen-bond acceptors (Lipinski definition) is 3. The molecule has 4 heteroatoms. The third kappa shape index (κ3) is 6.27. The maximum Gasteiger partial charge on any atom is 0.224 e. The predicted molar refractivity (Wildman–Crippen MR) is 89.2 cm³/mol. The van der Waals surface area contributed by atoms with Crippen molar-refractivity contribution in [2.24, 2.45) is 5.73 Å². The van der Waals surface area contributed by atoms with Crippen molar-refractivity contribution in [3.8, 4) is 0 Å². The first-order valence-corrected chi connectivity index (χ1v) is 7.89. The Labute approximate surface area is 128 Å². The molecule has 1 rings (SSSR count). The Hall–Kier alpha value is -1.39. The van der Waals surface area contributed by atoms with E-state index in [0.29, 0.717) is 19.0 Å². The Morgan fingerprint density at radius 1 is 1.24 bits per heavy atom. The zero-order valence-corrected chi connectivity index (χ0v) is 13.6. The number of nitrogens with one attached hydrogen (secondary N) is 1. The van der Waals surface area contributed by atoms with Crippen LogP contribution < -0.4 is 11.1 Å². The number of amides is 1. The molecule has 4 nitrogen and oxygen atoms in total. The molecule has 0 heterocycles. The van der Waals surface area contributed by atoms with Crippen molar-refractivity contribution in [2.45, 2.75) is 52.1 Å². The molecule has 21 heavy (non-hydrogen) atoms. The van der Waals surface area contributed by atoms with Crippen molar-refractivity contribution in [2.75, 3.05) is 18.9 Å². The number of nitrogens with two attached hydrogens (primary N) is 1. The highest BCUT2D eigenvalue weighted by molar-refractivity contribution is 5.90. The third-order valence-electron chi connectivity index (χ3n) is 3.95. The molecule has 3 N–H and O–H groups in total. The van der Waals surface area contributed by atoms with Gasteiger partial charge in [-0.1, -0.05) is 26.0 Å². The van der Waals surface area contributed by atoms with Gasteiger partial charge in [0.15, 0.2) is 0 Å². The monoisotopic (exact) mass is 291 g/mol. The van der Waals surface area contributed by atoms with Crippen molar-refractivity contribution in [1.29, 1.82) is 0 Å². The molecular weight excluding hydrogens is 262 g/mol. The van der Waals surface area contributed by atoms with Crippen LogP contribution in [-0.2, 0) is 11.3 Å². The number of rotatable bonds is 9. The minimum atomic E-state index is 0.0773. The number of benzene rings is 1. The van der Waals surface area contributed by atoms with Gasteiger partial charge in [0, 0.05) is 24.7 Å². The minimum Gasteiger partial charge on any atom is -0.326 e. The Balaban J connectivity index is 2.30. The lowest BCUT2D eigenvalue weighted by Gasteiger charge is -2.25. The summed E-state index contributed by atoms with van der Waals surface area (Å²) in [5, 5.41) is 2.93. The lowest BCUT2D eigenvalue weighted by Crippen LogP contribution is -2.31. The van der Waals surface area contributed by atoms with Crippen LogP contribution in [0.1, 0.15) is 45.1 Å². The molecule has 0 spiro atoms. The van der Waals surface area contributed by atoms with E-state index in [2.05, 4.69) is 31.1 Å². The molecule has 0 radical (unpaired) electrons. The molecular formula is C17H29N3O. The fourth-order valence-corrected chi connectivity index (χ4v) is 2.53. The fourth-order valence-electron chi connectivity index (χ4n) is 2.53. The molecule has 118 valence electrons. The van der Waals surface area contributed by atoms with Gasteiger partial charge in [-0.3, -0.25) is 4.79 Å². The van der Waals surface area contributed by atoms with E-state index in [1.165, 1.54) is 0 Å². The van der Waals surface area contributed by atoms with Crippen LogP contribution >= 0.6 is 0 Å². The van der Waals surface area contributed by atoms with Gasteiger partial charge in [-0.25, -0.2) is 0 Å². The number of carbonyl (C=O) groups excluding carboxylic acids is 1. The van der Waals surface area contributed by atoms with Crippen molar-refractivity contribution in [3.05, 3.63) is 29.8 Å². The lowest BCUT2D eigenvalue weighted by molar-refractivity contribution is -0.116. The summed E-state index contributed by atoms with van der Waals surface area (Å²) >= 11 is 0. The van der Waals surface area contributed by atoms with Crippen LogP contribution in [0.15, 0.2) is 24.3 Å². The van der Waals surface area contributed by atoms with Crippen LogP contribution in [-0.4, -0.2) is 30.4 Å². The van der Waals surface area contributed by atoms with Crippen LogP contribution in [0.2, 0.25) is 0 Å². The van der Waals surface area contributed by atoms with E-state index < -0.39 is 0 Å². The topological polar surface area (TPSA) is 58.4 Å². The van der Waals surface area contributed by atoms with Crippen molar-refractivity contribution >= 4 is 11.6 Å². The summed E-state index contributed by atoms with van der Waals surface area (Å²) in [6, 6.07) is 8.30. The van der Waals surface area contributed by atoms with E-state index in [1.807, 2.05) is 24.3 Å². The average Bonchev–Trinajstić information content (AvgIpc) is 2.49. The molecule has 0 aliphatic rings. The van der Waals surface area contributed by atoms with E-state index in [0.717, 1.165) is 37.1 Å². The second-order valence-corrected chi connectivity index (χ2v) is 5.50. The first kappa shape index (κ1) is 17.7. The van der Waals surface area contributed by atoms with Crippen LogP contribution in [0.5, 0.6) is 0 Å². The summed E-state index contributed by atoms with van der Waals surface area (Å²) in [7, 11) is 2.14. The summed E-state index contributed by atoms with van der Waals surface area (Å²) in [5.41, 5.74) is 7.46. The molecule has 0 aliphatic heterocycles. The van der Waals surface area contributed by atoms with Gasteiger partial charge in [0.1, 0.15) is 0 Å². The largest absolute Gasteiger partial charge is 0.326 e. The molecule has 0 atom stereocenters. The number of hydrogen-bond donors (Lipinski definition) is 2. The van der Waals surface area contributed by atoms with E-state index >= 15 is 0 Å². The second kappa shape index (κ2) is 9.53. The Bertz CT molecular complexity index is 413.